The number of alkyl halides is 3. The van der Waals surface area contributed by atoms with Crippen molar-refractivity contribution in [3.8, 4) is 5.75 Å². The Bertz CT molecular complexity index is 1050. The van der Waals surface area contributed by atoms with Crippen LogP contribution in [0.5, 0.6) is 5.75 Å². The van der Waals surface area contributed by atoms with Crippen molar-refractivity contribution in [2.75, 3.05) is 12.4 Å². The van der Waals surface area contributed by atoms with Gasteiger partial charge in [-0.15, -0.1) is 13.2 Å². The predicted molar refractivity (Wildman–Crippen MR) is 105 cm³/mol. The largest absolute Gasteiger partial charge is 0.573 e. The standard InChI is InChI=1S/C18H16F3N5O2S/c1-25(10-11-6-7-26-15(8-11)14(9-23-26)16(22)27)17(29)24-12-2-4-13(5-3-12)28-18(19,20)21/h2-9H,10H2,1H3,(H2,22,27)(H,24,29). The minimum absolute atomic E-state index is 0.316. The average Bonchev–Trinajstić information content (AvgIpc) is 3.05. The number of hydrogen-bond donors (Lipinski definition) is 2. The molecule has 0 aliphatic carbocycles. The number of carbonyl (C=O) groups excluding carboxylic acids is 1. The lowest BCUT2D eigenvalue weighted by atomic mass is 10.2. The fourth-order valence-electron chi connectivity index (χ4n) is 2.62. The quantitative estimate of drug-likeness (QED) is 0.614. The summed E-state index contributed by atoms with van der Waals surface area (Å²) in [5.41, 5.74) is 7.63. The van der Waals surface area contributed by atoms with E-state index >= 15 is 0 Å². The molecule has 1 amide bonds. The van der Waals surface area contributed by atoms with Crippen molar-refractivity contribution in [1.29, 1.82) is 0 Å². The first-order valence-corrected chi connectivity index (χ1v) is 8.67. The maximum Gasteiger partial charge on any atom is 0.573 e. The van der Waals surface area contributed by atoms with Gasteiger partial charge in [0.1, 0.15) is 5.75 Å². The molecule has 29 heavy (non-hydrogen) atoms. The number of benzene rings is 1. The number of carbonyl (C=O) groups is 1. The first-order chi connectivity index (χ1) is 13.6. The molecule has 0 unspecified atom stereocenters. The molecule has 3 rings (SSSR count). The Morgan fingerprint density at radius 2 is 2.00 bits per heavy atom. The lowest BCUT2D eigenvalue weighted by Crippen LogP contribution is -2.30. The highest BCUT2D eigenvalue weighted by atomic mass is 32.1. The van der Waals surface area contributed by atoms with Crippen molar-refractivity contribution >= 4 is 34.4 Å². The molecule has 2 aromatic heterocycles. The van der Waals surface area contributed by atoms with Crippen molar-refractivity contribution in [2.24, 2.45) is 5.73 Å². The molecular formula is C18H16F3N5O2S. The number of rotatable bonds is 5. The average molecular weight is 423 g/mol. The number of hydrogen-bond acceptors (Lipinski definition) is 4. The van der Waals surface area contributed by atoms with Crippen LogP contribution < -0.4 is 15.8 Å². The van der Waals surface area contributed by atoms with E-state index < -0.39 is 12.3 Å². The molecule has 0 fully saturated rings. The van der Waals surface area contributed by atoms with Gasteiger partial charge in [0.05, 0.1) is 17.3 Å². The SMILES string of the molecule is CN(Cc1ccn2ncc(C(N)=O)c2c1)C(=S)Nc1ccc(OC(F)(F)F)cc1. The summed E-state index contributed by atoms with van der Waals surface area (Å²) in [5, 5.41) is 7.37. The summed E-state index contributed by atoms with van der Waals surface area (Å²) in [4.78, 5) is 13.2. The van der Waals surface area contributed by atoms with Crippen LogP contribution in [0, 0.1) is 0 Å². The summed E-state index contributed by atoms with van der Waals surface area (Å²) in [7, 11) is 1.76. The molecule has 0 saturated carbocycles. The van der Waals surface area contributed by atoms with Crippen LogP contribution in [-0.4, -0.2) is 38.9 Å². The number of nitrogens with zero attached hydrogens (tertiary/aromatic N) is 3. The Morgan fingerprint density at radius 3 is 2.62 bits per heavy atom. The summed E-state index contributed by atoms with van der Waals surface area (Å²) in [6.07, 6.45) is -1.63. The lowest BCUT2D eigenvalue weighted by molar-refractivity contribution is -0.274. The van der Waals surface area contributed by atoms with Crippen LogP contribution in [0.15, 0.2) is 48.8 Å². The zero-order chi connectivity index (χ0) is 21.2. The zero-order valence-corrected chi connectivity index (χ0v) is 15.9. The van der Waals surface area contributed by atoms with Gasteiger partial charge in [-0.25, -0.2) is 4.52 Å². The van der Waals surface area contributed by atoms with E-state index in [1.54, 1.807) is 28.7 Å². The number of pyridine rings is 1. The summed E-state index contributed by atoms with van der Waals surface area (Å²) >= 11 is 5.34. The second kappa shape index (κ2) is 7.95. The Balaban J connectivity index is 1.65. The third-order valence-electron chi connectivity index (χ3n) is 3.96. The normalized spacial score (nSPS) is 11.3. The monoisotopic (exact) mass is 423 g/mol. The first-order valence-electron chi connectivity index (χ1n) is 8.26. The molecule has 152 valence electrons. The van der Waals surface area contributed by atoms with Crippen LogP contribution in [-0.2, 0) is 6.54 Å². The van der Waals surface area contributed by atoms with Crippen LogP contribution >= 0.6 is 12.2 Å². The molecule has 0 saturated heterocycles. The summed E-state index contributed by atoms with van der Waals surface area (Å²) in [6.45, 7) is 0.418. The molecule has 7 nitrogen and oxygen atoms in total. The van der Waals surface area contributed by atoms with E-state index in [9.17, 15) is 18.0 Å². The fourth-order valence-corrected chi connectivity index (χ4v) is 2.80. The molecule has 2 heterocycles. The molecule has 0 atom stereocenters. The molecule has 11 heteroatoms. The number of nitrogens with two attached hydrogens (primary N) is 1. The van der Waals surface area contributed by atoms with Crippen LogP contribution in [0.1, 0.15) is 15.9 Å². The minimum Gasteiger partial charge on any atom is -0.406 e. The van der Waals surface area contributed by atoms with Gasteiger partial charge in [0.2, 0.25) is 0 Å². The number of halogens is 3. The maximum atomic E-state index is 12.2. The van der Waals surface area contributed by atoms with Crippen molar-refractivity contribution < 1.29 is 22.7 Å². The van der Waals surface area contributed by atoms with Gasteiger partial charge in [-0.1, -0.05) is 0 Å². The van der Waals surface area contributed by atoms with E-state index in [-0.39, 0.29) is 5.75 Å². The maximum absolute atomic E-state index is 12.2. The number of primary amides is 1. The van der Waals surface area contributed by atoms with E-state index in [0.29, 0.717) is 28.4 Å². The van der Waals surface area contributed by atoms with Gasteiger partial charge in [0, 0.05) is 25.5 Å². The van der Waals surface area contributed by atoms with Gasteiger partial charge >= 0.3 is 6.36 Å². The number of anilines is 1. The number of aromatic nitrogens is 2. The van der Waals surface area contributed by atoms with E-state index in [0.717, 1.165) is 5.56 Å². The highest BCUT2D eigenvalue weighted by Crippen LogP contribution is 2.24. The van der Waals surface area contributed by atoms with Gasteiger partial charge in [0.15, 0.2) is 5.11 Å². The Labute approximate surface area is 168 Å². The van der Waals surface area contributed by atoms with Crippen molar-refractivity contribution in [1.82, 2.24) is 14.5 Å². The van der Waals surface area contributed by atoms with E-state index in [1.165, 1.54) is 30.5 Å². The molecule has 0 radical (unpaired) electrons. The number of thiocarbonyl (C=S) groups is 1. The minimum atomic E-state index is -4.74. The van der Waals surface area contributed by atoms with E-state index in [4.69, 9.17) is 18.0 Å². The Kier molecular flexibility index (Phi) is 5.59. The van der Waals surface area contributed by atoms with Crippen molar-refractivity contribution in [2.45, 2.75) is 12.9 Å². The number of nitrogens with one attached hydrogen (secondary N) is 1. The van der Waals surface area contributed by atoms with Gasteiger partial charge in [0.25, 0.3) is 5.91 Å². The van der Waals surface area contributed by atoms with E-state index in [1.807, 2.05) is 6.07 Å². The third kappa shape index (κ3) is 5.13. The first kappa shape index (κ1) is 20.4. The van der Waals surface area contributed by atoms with Crippen molar-refractivity contribution in [3.05, 3.63) is 59.9 Å². The molecular weight excluding hydrogens is 407 g/mol. The third-order valence-corrected chi connectivity index (χ3v) is 4.37. The molecule has 1 aromatic carbocycles. The number of fused-ring (bicyclic) bond motifs is 1. The molecule has 0 bridgehead atoms. The summed E-state index contributed by atoms with van der Waals surface area (Å²) in [5.74, 6) is -0.887. The van der Waals surface area contributed by atoms with Crippen LogP contribution in [0.25, 0.3) is 5.52 Å². The second-order valence-corrected chi connectivity index (χ2v) is 6.53. The van der Waals surface area contributed by atoms with Gasteiger partial charge in [-0.3, -0.25) is 4.79 Å². The van der Waals surface area contributed by atoms with Crippen LogP contribution in [0.2, 0.25) is 0 Å². The van der Waals surface area contributed by atoms with Crippen molar-refractivity contribution in [3.63, 3.8) is 0 Å². The predicted octanol–water partition coefficient (Wildman–Crippen LogP) is 3.16. The Hall–Kier alpha value is -3.34. The van der Waals surface area contributed by atoms with Crippen LogP contribution in [0.4, 0.5) is 18.9 Å². The molecule has 3 N–H and O–H groups in total. The zero-order valence-electron chi connectivity index (χ0n) is 15.1. The van der Waals surface area contributed by atoms with Gasteiger partial charge in [-0.05, 0) is 54.2 Å². The second-order valence-electron chi connectivity index (χ2n) is 6.15. The van der Waals surface area contributed by atoms with Gasteiger partial charge in [-0.2, -0.15) is 5.10 Å². The highest BCUT2D eigenvalue weighted by Gasteiger charge is 2.30. The molecule has 0 aliphatic heterocycles. The number of ether oxygens (including phenoxy) is 1. The summed E-state index contributed by atoms with van der Waals surface area (Å²) in [6, 6.07) is 8.86. The molecule has 0 spiro atoms. The van der Waals surface area contributed by atoms with E-state index in [2.05, 4.69) is 15.2 Å². The lowest BCUT2D eigenvalue weighted by Gasteiger charge is -2.21. The fraction of sp³-hybridized carbons (Fsp3) is 0.167. The Morgan fingerprint density at radius 1 is 1.31 bits per heavy atom. The smallest absolute Gasteiger partial charge is 0.406 e. The molecule has 3 aromatic rings. The molecule has 0 aliphatic rings. The summed E-state index contributed by atoms with van der Waals surface area (Å²) < 4.78 is 42.0. The topological polar surface area (TPSA) is 84.9 Å². The number of amides is 1. The highest BCUT2D eigenvalue weighted by molar-refractivity contribution is 7.80. The van der Waals surface area contributed by atoms with Gasteiger partial charge < -0.3 is 20.7 Å². The van der Waals surface area contributed by atoms with Crippen LogP contribution in [0.3, 0.4) is 0 Å².